The lowest BCUT2D eigenvalue weighted by molar-refractivity contribution is 0.0380. The number of fused-ring (bicyclic) bond motifs is 1. The Morgan fingerprint density at radius 2 is 2.00 bits per heavy atom. The van der Waals surface area contributed by atoms with Crippen LogP contribution in [0.25, 0.3) is 0 Å². The monoisotopic (exact) mass is 302 g/mol. The zero-order chi connectivity index (χ0) is 12.1. The first-order valence-corrected chi connectivity index (χ1v) is 8.42. The minimum Gasteiger partial charge on any atom is -0.303 e. The van der Waals surface area contributed by atoms with Crippen LogP contribution in [0.4, 0.5) is 0 Å². The molecule has 2 rings (SSSR count). The van der Waals surface area contributed by atoms with Gasteiger partial charge in [-0.1, -0.05) is 22.4 Å². The van der Waals surface area contributed by atoms with Crippen LogP contribution in [0.5, 0.6) is 0 Å². The normalized spacial score (nSPS) is 31.4. The van der Waals surface area contributed by atoms with Crippen molar-refractivity contribution in [3.05, 3.63) is 0 Å². The lowest BCUT2D eigenvalue weighted by Crippen LogP contribution is -2.52. The molecule has 0 aromatic rings. The molecular weight excluding hydrogens is 276 g/mol. The SMILES string of the molecule is CN1CCCC2CN(CCCCCBr)CCC21. The van der Waals surface area contributed by atoms with Crippen LogP contribution in [-0.2, 0) is 0 Å². The number of piperidine rings is 2. The van der Waals surface area contributed by atoms with Crippen molar-refractivity contribution in [3.63, 3.8) is 0 Å². The van der Waals surface area contributed by atoms with Gasteiger partial charge in [0.15, 0.2) is 0 Å². The van der Waals surface area contributed by atoms with Gasteiger partial charge in [-0.25, -0.2) is 0 Å². The predicted octanol–water partition coefficient (Wildman–Crippen LogP) is 2.97. The number of halogens is 1. The quantitative estimate of drug-likeness (QED) is 0.569. The molecule has 0 aromatic carbocycles. The molecular formula is C14H27BrN2. The average Bonchev–Trinajstić information content (AvgIpc) is 2.35. The van der Waals surface area contributed by atoms with Crippen LogP contribution in [0.2, 0.25) is 0 Å². The fraction of sp³-hybridized carbons (Fsp3) is 1.00. The molecule has 0 saturated carbocycles. The van der Waals surface area contributed by atoms with Gasteiger partial charge in [0.2, 0.25) is 0 Å². The molecule has 0 amide bonds. The van der Waals surface area contributed by atoms with Gasteiger partial charge < -0.3 is 9.80 Å². The van der Waals surface area contributed by atoms with Crippen LogP contribution in [0.3, 0.4) is 0 Å². The standard InChI is InChI=1S/C14H27BrN2/c1-16-9-5-6-13-12-17(11-7-14(13)16)10-4-2-3-8-15/h13-14H,2-12H2,1H3. The topological polar surface area (TPSA) is 6.48 Å². The molecule has 0 N–H and O–H groups in total. The van der Waals surface area contributed by atoms with Gasteiger partial charge in [-0.3, -0.25) is 0 Å². The number of rotatable bonds is 5. The Hall–Kier alpha value is 0.400. The van der Waals surface area contributed by atoms with Crippen LogP contribution in [0.15, 0.2) is 0 Å². The van der Waals surface area contributed by atoms with E-state index in [0.717, 1.165) is 12.0 Å². The highest BCUT2D eigenvalue weighted by atomic mass is 79.9. The minimum absolute atomic E-state index is 0.891. The molecule has 2 aliphatic rings. The molecule has 0 bridgehead atoms. The molecule has 3 heteroatoms. The first-order valence-electron chi connectivity index (χ1n) is 7.30. The zero-order valence-corrected chi connectivity index (χ0v) is 12.8. The van der Waals surface area contributed by atoms with Crippen molar-refractivity contribution in [2.75, 3.05) is 38.6 Å². The van der Waals surface area contributed by atoms with E-state index in [4.69, 9.17) is 0 Å². The third-order valence-corrected chi connectivity index (χ3v) is 5.10. The van der Waals surface area contributed by atoms with Gasteiger partial charge in [-0.2, -0.15) is 0 Å². The largest absolute Gasteiger partial charge is 0.303 e. The molecule has 2 aliphatic heterocycles. The summed E-state index contributed by atoms with van der Waals surface area (Å²) in [6.07, 6.45) is 8.39. The smallest absolute Gasteiger partial charge is 0.0145 e. The Morgan fingerprint density at radius 1 is 1.12 bits per heavy atom. The van der Waals surface area contributed by atoms with Gasteiger partial charge >= 0.3 is 0 Å². The average molecular weight is 303 g/mol. The Morgan fingerprint density at radius 3 is 2.82 bits per heavy atom. The van der Waals surface area contributed by atoms with Crippen LogP contribution in [-0.4, -0.2) is 54.4 Å². The number of hydrogen-bond donors (Lipinski definition) is 0. The maximum atomic E-state index is 3.51. The molecule has 2 saturated heterocycles. The summed E-state index contributed by atoms with van der Waals surface area (Å²) in [7, 11) is 2.32. The molecule has 2 fully saturated rings. The minimum atomic E-state index is 0.891. The lowest BCUT2D eigenvalue weighted by atomic mass is 9.84. The molecule has 0 aliphatic carbocycles. The summed E-state index contributed by atoms with van der Waals surface area (Å²) in [5, 5.41) is 1.17. The van der Waals surface area contributed by atoms with E-state index < -0.39 is 0 Å². The molecule has 0 aromatic heterocycles. The van der Waals surface area contributed by atoms with Crippen LogP contribution in [0, 0.1) is 5.92 Å². The number of hydrogen-bond acceptors (Lipinski definition) is 2. The molecule has 0 spiro atoms. The van der Waals surface area contributed by atoms with E-state index in [9.17, 15) is 0 Å². The maximum Gasteiger partial charge on any atom is 0.0145 e. The summed E-state index contributed by atoms with van der Waals surface area (Å²) < 4.78 is 0. The molecule has 100 valence electrons. The second-order valence-electron chi connectivity index (χ2n) is 5.79. The summed E-state index contributed by atoms with van der Waals surface area (Å²) in [6.45, 7) is 5.36. The number of alkyl halides is 1. The van der Waals surface area contributed by atoms with Crippen molar-refractivity contribution in [2.24, 2.45) is 5.92 Å². The van der Waals surface area contributed by atoms with E-state index in [2.05, 4.69) is 32.8 Å². The zero-order valence-electron chi connectivity index (χ0n) is 11.2. The number of nitrogens with zero attached hydrogens (tertiary/aromatic N) is 2. The molecule has 2 nitrogen and oxygen atoms in total. The third-order valence-electron chi connectivity index (χ3n) is 4.54. The van der Waals surface area contributed by atoms with Crippen molar-refractivity contribution in [1.82, 2.24) is 9.80 Å². The highest BCUT2D eigenvalue weighted by Gasteiger charge is 2.33. The van der Waals surface area contributed by atoms with Crippen LogP contribution < -0.4 is 0 Å². The Labute approximate surface area is 115 Å². The van der Waals surface area contributed by atoms with E-state index in [1.54, 1.807) is 0 Å². The molecule has 2 atom stereocenters. The van der Waals surface area contributed by atoms with Crippen LogP contribution in [0.1, 0.15) is 38.5 Å². The Kier molecular flexibility index (Phi) is 5.78. The van der Waals surface area contributed by atoms with E-state index >= 15 is 0 Å². The van der Waals surface area contributed by atoms with E-state index in [0.29, 0.717) is 0 Å². The van der Waals surface area contributed by atoms with Gasteiger partial charge in [0, 0.05) is 17.9 Å². The summed E-state index contributed by atoms with van der Waals surface area (Å²) >= 11 is 3.51. The molecule has 2 heterocycles. The van der Waals surface area contributed by atoms with Gasteiger partial charge in [-0.15, -0.1) is 0 Å². The van der Waals surface area contributed by atoms with Crippen molar-refractivity contribution in [3.8, 4) is 0 Å². The fourth-order valence-electron chi connectivity index (χ4n) is 3.54. The highest BCUT2D eigenvalue weighted by Crippen LogP contribution is 2.29. The molecule has 17 heavy (non-hydrogen) atoms. The van der Waals surface area contributed by atoms with Gasteiger partial charge in [0.05, 0.1) is 0 Å². The van der Waals surface area contributed by atoms with Crippen molar-refractivity contribution >= 4 is 15.9 Å². The predicted molar refractivity (Wildman–Crippen MR) is 77.8 cm³/mol. The van der Waals surface area contributed by atoms with E-state index in [1.807, 2.05) is 0 Å². The third kappa shape index (κ3) is 3.93. The van der Waals surface area contributed by atoms with E-state index in [1.165, 1.54) is 70.0 Å². The molecule has 2 unspecified atom stereocenters. The second kappa shape index (κ2) is 7.10. The van der Waals surface area contributed by atoms with Gasteiger partial charge in [-0.05, 0) is 64.7 Å². The highest BCUT2D eigenvalue weighted by molar-refractivity contribution is 9.09. The maximum absolute atomic E-state index is 3.51. The van der Waals surface area contributed by atoms with Crippen LogP contribution >= 0.6 is 15.9 Å². The van der Waals surface area contributed by atoms with Crippen molar-refractivity contribution in [1.29, 1.82) is 0 Å². The van der Waals surface area contributed by atoms with Crippen molar-refractivity contribution < 1.29 is 0 Å². The summed E-state index contributed by atoms with van der Waals surface area (Å²) in [4.78, 5) is 5.32. The van der Waals surface area contributed by atoms with Gasteiger partial charge in [0.1, 0.15) is 0 Å². The number of unbranched alkanes of at least 4 members (excludes halogenated alkanes) is 2. The first-order chi connectivity index (χ1) is 8.31. The first kappa shape index (κ1) is 13.8. The summed E-state index contributed by atoms with van der Waals surface area (Å²) in [6, 6.07) is 0.891. The summed E-state index contributed by atoms with van der Waals surface area (Å²) in [5.74, 6) is 0.957. The lowest BCUT2D eigenvalue weighted by Gasteiger charge is -2.46. The Balaban J connectivity index is 1.70. The summed E-state index contributed by atoms with van der Waals surface area (Å²) in [5.41, 5.74) is 0. The number of likely N-dealkylation sites (tertiary alicyclic amines) is 2. The van der Waals surface area contributed by atoms with Gasteiger partial charge in [0.25, 0.3) is 0 Å². The fourth-order valence-corrected chi connectivity index (χ4v) is 3.93. The van der Waals surface area contributed by atoms with E-state index in [-0.39, 0.29) is 0 Å². The Bertz CT molecular complexity index is 222. The molecule has 0 radical (unpaired) electrons. The van der Waals surface area contributed by atoms with Crippen molar-refractivity contribution in [2.45, 2.75) is 44.6 Å². The second-order valence-corrected chi connectivity index (χ2v) is 6.58.